The lowest BCUT2D eigenvalue weighted by Gasteiger charge is -2.65. The third-order valence-electron chi connectivity index (χ3n) is 11.5. The number of carbonyl (C=O) groups is 2. The smallest absolute Gasteiger partial charge is 0.305 e. The van der Waals surface area contributed by atoms with E-state index in [-0.39, 0.29) is 59.5 Å². The number of halogens is 2. The Morgan fingerprint density at radius 3 is 2.31 bits per heavy atom. The summed E-state index contributed by atoms with van der Waals surface area (Å²) in [6.07, 6.45) is 6.56. The molecule has 4 nitrogen and oxygen atoms in total. The van der Waals surface area contributed by atoms with Crippen LogP contribution in [0.2, 0.25) is 0 Å². The van der Waals surface area contributed by atoms with Crippen LogP contribution in [0.5, 0.6) is 0 Å². The van der Waals surface area contributed by atoms with Crippen molar-refractivity contribution in [3.8, 4) is 0 Å². The van der Waals surface area contributed by atoms with Crippen molar-refractivity contribution in [2.75, 3.05) is 7.11 Å². The van der Waals surface area contributed by atoms with E-state index in [0.717, 1.165) is 38.5 Å². The standard InChI is InChI=1S/C29H46F2O4/c1-7-19-23-16-29(30,31)15-14-28(23,5)22-12-13-27(4)20(17(2)8-11-24(33)34-6)9-10-21(27)25(22)26(19)35-18(3)32/h17,19-23,25-26H,7-16H2,1-6H3/t17-,19-,20-,21+,22+,23+,25+,26-,27-,28-/m1/s1. The highest BCUT2D eigenvalue weighted by molar-refractivity contribution is 5.69. The summed E-state index contributed by atoms with van der Waals surface area (Å²) in [5.74, 6) is -1.30. The molecule has 10 atom stereocenters. The number of hydrogen-bond acceptors (Lipinski definition) is 4. The molecule has 0 N–H and O–H groups in total. The quantitative estimate of drug-likeness (QED) is 0.370. The van der Waals surface area contributed by atoms with Gasteiger partial charge in [-0.15, -0.1) is 0 Å². The third-order valence-corrected chi connectivity index (χ3v) is 11.5. The van der Waals surface area contributed by atoms with Gasteiger partial charge in [-0.1, -0.05) is 27.7 Å². The summed E-state index contributed by atoms with van der Waals surface area (Å²) in [5, 5.41) is 0. The van der Waals surface area contributed by atoms with Crippen molar-refractivity contribution in [3.63, 3.8) is 0 Å². The van der Waals surface area contributed by atoms with E-state index in [4.69, 9.17) is 9.47 Å². The summed E-state index contributed by atoms with van der Waals surface area (Å²) >= 11 is 0. The minimum atomic E-state index is -2.62. The van der Waals surface area contributed by atoms with E-state index in [1.807, 2.05) is 0 Å². The summed E-state index contributed by atoms with van der Waals surface area (Å²) in [6, 6.07) is 0. The second kappa shape index (κ2) is 9.59. The molecule has 35 heavy (non-hydrogen) atoms. The molecule has 0 saturated heterocycles. The van der Waals surface area contributed by atoms with Gasteiger partial charge in [-0.2, -0.15) is 0 Å². The minimum absolute atomic E-state index is 0.0190. The predicted molar refractivity (Wildman–Crippen MR) is 131 cm³/mol. The van der Waals surface area contributed by atoms with Crippen molar-refractivity contribution in [1.29, 1.82) is 0 Å². The maximum Gasteiger partial charge on any atom is 0.305 e. The van der Waals surface area contributed by atoms with Crippen molar-refractivity contribution < 1.29 is 27.8 Å². The van der Waals surface area contributed by atoms with Gasteiger partial charge in [0, 0.05) is 32.1 Å². The number of fused-ring (bicyclic) bond motifs is 5. The fourth-order valence-electron chi connectivity index (χ4n) is 9.83. The summed E-state index contributed by atoms with van der Waals surface area (Å²) in [5.41, 5.74) is -0.00518. The van der Waals surface area contributed by atoms with Crippen molar-refractivity contribution >= 4 is 11.9 Å². The van der Waals surface area contributed by atoms with Crippen LogP contribution in [0.25, 0.3) is 0 Å². The van der Waals surface area contributed by atoms with Crippen LogP contribution < -0.4 is 0 Å². The first-order valence-corrected chi connectivity index (χ1v) is 14.0. The first-order chi connectivity index (χ1) is 16.4. The lowest BCUT2D eigenvalue weighted by atomic mass is 9.41. The summed E-state index contributed by atoms with van der Waals surface area (Å²) in [7, 11) is 1.44. The zero-order valence-corrected chi connectivity index (χ0v) is 22.6. The molecular formula is C29H46F2O4. The van der Waals surface area contributed by atoms with Gasteiger partial charge in [0.1, 0.15) is 6.10 Å². The van der Waals surface area contributed by atoms with Crippen LogP contribution in [0, 0.1) is 52.3 Å². The van der Waals surface area contributed by atoms with E-state index in [1.54, 1.807) is 0 Å². The maximum absolute atomic E-state index is 14.7. The Bertz CT molecular complexity index is 815. The van der Waals surface area contributed by atoms with Gasteiger partial charge < -0.3 is 9.47 Å². The summed E-state index contributed by atoms with van der Waals surface area (Å²) in [6.45, 7) is 10.5. The van der Waals surface area contributed by atoms with E-state index in [9.17, 15) is 18.4 Å². The molecule has 0 heterocycles. The molecule has 200 valence electrons. The molecule has 0 unspecified atom stereocenters. The molecule has 4 rings (SSSR count). The number of hydrogen-bond donors (Lipinski definition) is 0. The average molecular weight is 497 g/mol. The van der Waals surface area contributed by atoms with Crippen LogP contribution >= 0.6 is 0 Å². The molecule has 0 aromatic rings. The molecule has 0 amide bonds. The molecule has 4 aliphatic carbocycles. The van der Waals surface area contributed by atoms with Gasteiger partial charge in [0.15, 0.2) is 0 Å². The number of ether oxygens (including phenoxy) is 2. The predicted octanol–water partition coefficient (Wildman–Crippen LogP) is 7.05. The molecular weight excluding hydrogens is 450 g/mol. The molecule has 4 aliphatic rings. The topological polar surface area (TPSA) is 52.6 Å². The summed E-state index contributed by atoms with van der Waals surface area (Å²) in [4.78, 5) is 24.1. The molecule has 0 aliphatic heterocycles. The van der Waals surface area contributed by atoms with Crippen molar-refractivity contribution in [3.05, 3.63) is 0 Å². The fourth-order valence-corrected chi connectivity index (χ4v) is 9.83. The second-order valence-electron chi connectivity index (χ2n) is 12.9. The Balaban J connectivity index is 1.67. The Morgan fingerprint density at radius 1 is 1.00 bits per heavy atom. The van der Waals surface area contributed by atoms with Gasteiger partial charge in [-0.3, -0.25) is 9.59 Å². The number of alkyl halides is 2. The van der Waals surface area contributed by atoms with Gasteiger partial charge in [0.2, 0.25) is 5.92 Å². The SMILES string of the molecule is CC[C@H]1[C@@H](OC(C)=O)[C@@H]2[C@H](CC[C@]3(C)[C@@H]([C@H](C)CCC(=O)OC)CC[C@@H]23)[C@@]2(C)CCC(F)(F)C[C@@H]12. The number of esters is 2. The Labute approximate surface area is 210 Å². The molecule has 0 aromatic carbocycles. The maximum atomic E-state index is 14.7. The van der Waals surface area contributed by atoms with Crippen LogP contribution in [0.3, 0.4) is 0 Å². The van der Waals surface area contributed by atoms with E-state index in [1.165, 1.54) is 14.0 Å². The number of methoxy groups -OCH3 is 1. The zero-order valence-electron chi connectivity index (χ0n) is 22.6. The van der Waals surface area contributed by atoms with Gasteiger partial charge in [0.25, 0.3) is 0 Å². The number of rotatable bonds is 6. The molecule has 0 aromatic heterocycles. The van der Waals surface area contributed by atoms with E-state index >= 15 is 0 Å². The van der Waals surface area contributed by atoms with Crippen molar-refractivity contribution in [2.24, 2.45) is 52.3 Å². The van der Waals surface area contributed by atoms with Crippen LogP contribution in [-0.4, -0.2) is 31.1 Å². The molecule has 4 saturated carbocycles. The average Bonchev–Trinajstić information content (AvgIpc) is 3.15. The van der Waals surface area contributed by atoms with Crippen LogP contribution in [0.1, 0.15) is 98.8 Å². The number of carbonyl (C=O) groups excluding carboxylic acids is 2. The van der Waals surface area contributed by atoms with E-state index in [2.05, 4.69) is 27.7 Å². The highest BCUT2D eigenvalue weighted by atomic mass is 19.3. The van der Waals surface area contributed by atoms with Crippen LogP contribution in [-0.2, 0) is 19.1 Å². The first-order valence-electron chi connectivity index (χ1n) is 14.0. The highest BCUT2D eigenvalue weighted by Gasteiger charge is 2.67. The largest absolute Gasteiger partial charge is 0.469 e. The minimum Gasteiger partial charge on any atom is -0.469 e. The first kappa shape index (κ1) is 26.9. The van der Waals surface area contributed by atoms with Crippen molar-refractivity contribution in [1.82, 2.24) is 0 Å². The van der Waals surface area contributed by atoms with Gasteiger partial charge in [-0.05, 0) is 91.3 Å². The molecule has 6 heteroatoms. The lowest BCUT2D eigenvalue weighted by Crippen LogP contribution is -2.63. The molecule has 0 spiro atoms. The normalized spacial score (nSPS) is 45.0. The van der Waals surface area contributed by atoms with E-state index in [0.29, 0.717) is 36.5 Å². The Hall–Kier alpha value is -1.20. The summed E-state index contributed by atoms with van der Waals surface area (Å²) < 4.78 is 40.4. The molecule has 4 fully saturated rings. The Morgan fingerprint density at radius 2 is 1.69 bits per heavy atom. The fraction of sp³-hybridized carbons (Fsp3) is 0.931. The van der Waals surface area contributed by atoms with E-state index < -0.39 is 5.92 Å². The molecule has 0 radical (unpaired) electrons. The lowest BCUT2D eigenvalue weighted by molar-refractivity contribution is -0.231. The Kier molecular flexibility index (Phi) is 7.36. The molecule has 0 bridgehead atoms. The van der Waals surface area contributed by atoms with Crippen molar-refractivity contribution in [2.45, 2.75) is 111 Å². The van der Waals surface area contributed by atoms with Crippen LogP contribution in [0.4, 0.5) is 8.78 Å². The van der Waals surface area contributed by atoms with Gasteiger partial charge >= 0.3 is 11.9 Å². The third kappa shape index (κ3) is 4.54. The van der Waals surface area contributed by atoms with Gasteiger partial charge in [-0.25, -0.2) is 8.78 Å². The second-order valence-corrected chi connectivity index (χ2v) is 12.9. The highest BCUT2D eigenvalue weighted by Crippen LogP contribution is 2.70. The van der Waals surface area contributed by atoms with Crippen LogP contribution in [0.15, 0.2) is 0 Å². The zero-order chi connectivity index (χ0) is 25.8. The van der Waals surface area contributed by atoms with Gasteiger partial charge in [0.05, 0.1) is 7.11 Å². The monoisotopic (exact) mass is 496 g/mol.